The highest BCUT2D eigenvalue weighted by atomic mass is 16.6. The smallest absolute Gasteiger partial charge is 0.146 e. The third-order valence-corrected chi connectivity index (χ3v) is 0.879. The van der Waals surface area contributed by atoms with Crippen LogP contribution in [0.3, 0.4) is 0 Å². The van der Waals surface area contributed by atoms with Crippen molar-refractivity contribution in [2.45, 2.75) is 0 Å². The second-order valence-corrected chi connectivity index (χ2v) is 1.43. The molecule has 0 saturated carbocycles. The maximum absolute atomic E-state index is 4.85. The Hall–Kier alpha value is -1.02. The first-order chi connectivity index (χ1) is 3.93. The van der Waals surface area contributed by atoms with E-state index in [1.54, 1.807) is 12.1 Å². The molecule has 1 aromatic rings. The van der Waals surface area contributed by atoms with Crippen LogP contribution in [0.15, 0.2) is 30.3 Å². The van der Waals surface area contributed by atoms with Crippen molar-refractivity contribution in [3.05, 3.63) is 30.3 Å². The Bertz CT molecular complexity index is 150. The van der Waals surface area contributed by atoms with Crippen LogP contribution in [-0.4, -0.2) is 0 Å². The number of hydrogen-bond donors (Lipinski definition) is 1. The van der Waals surface area contributed by atoms with Gasteiger partial charge in [-0.05, 0) is 12.1 Å². The van der Waals surface area contributed by atoms with Crippen LogP contribution in [0, 0.1) is 0 Å². The molecule has 0 saturated heterocycles. The van der Waals surface area contributed by atoms with Gasteiger partial charge in [0.2, 0.25) is 0 Å². The van der Waals surface area contributed by atoms with Gasteiger partial charge < -0.3 is 4.84 Å². The van der Waals surface area contributed by atoms with Crippen molar-refractivity contribution in [1.29, 1.82) is 0 Å². The summed E-state index contributed by atoms with van der Waals surface area (Å²) in [4.78, 5) is 4.41. The predicted molar refractivity (Wildman–Crippen MR) is 31.3 cm³/mol. The number of benzene rings is 1. The molecule has 0 aromatic heterocycles. The Labute approximate surface area is 47.8 Å². The number of para-hydroxylation sites is 1. The first-order valence-corrected chi connectivity index (χ1v) is 2.35. The molecule has 0 aliphatic rings. The molecule has 0 spiro atoms. The molecule has 0 atom stereocenters. The zero-order chi connectivity index (χ0) is 5.82. The molecule has 0 heterocycles. The molecular formula is C6H7NO. The van der Waals surface area contributed by atoms with Crippen molar-refractivity contribution < 1.29 is 4.84 Å². The summed E-state index contributed by atoms with van der Waals surface area (Å²) in [7, 11) is 0. The largest absolute Gasteiger partial charge is 0.412 e. The van der Waals surface area contributed by atoms with Gasteiger partial charge in [0.15, 0.2) is 0 Å². The monoisotopic (exact) mass is 109 g/mol. The molecule has 2 heteroatoms. The fourth-order valence-electron chi connectivity index (χ4n) is 0.499. The second kappa shape index (κ2) is 2.33. The summed E-state index contributed by atoms with van der Waals surface area (Å²) in [5.74, 6) is 5.54. The maximum atomic E-state index is 4.85. The van der Waals surface area contributed by atoms with Gasteiger partial charge in [-0.25, -0.2) is 0 Å². The topological polar surface area (TPSA) is 35.2 Å². The van der Waals surface area contributed by atoms with Gasteiger partial charge in [0.25, 0.3) is 0 Å². The average molecular weight is 109 g/mol. The molecule has 8 heavy (non-hydrogen) atoms. The fraction of sp³-hybridized carbons (Fsp3) is 0. The lowest BCUT2D eigenvalue weighted by Crippen LogP contribution is -2.00. The van der Waals surface area contributed by atoms with Crippen molar-refractivity contribution in [3.63, 3.8) is 0 Å². The summed E-state index contributed by atoms with van der Waals surface area (Å²) >= 11 is 0. The fourth-order valence-corrected chi connectivity index (χ4v) is 0.499. The predicted octanol–water partition coefficient (Wildman–Crippen LogP) is 0.939. The summed E-state index contributed by atoms with van der Waals surface area (Å²) in [5.41, 5.74) is 0. The van der Waals surface area contributed by atoms with E-state index in [0.29, 0.717) is 5.75 Å². The van der Waals surface area contributed by atoms with E-state index in [9.17, 15) is 0 Å². The Balaban J connectivity index is 2.83. The molecule has 0 bridgehead atoms. The molecular weight excluding hydrogens is 102 g/mol. The van der Waals surface area contributed by atoms with Crippen molar-refractivity contribution in [2.24, 2.45) is 5.90 Å². The van der Waals surface area contributed by atoms with Gasteiger partial charge in [-0.3, -0.25) is 0 Å². The second-order valence-electron chi connectivity index (χ2n) is 1.43. The summed E-state index contributed by atoms with van der Waals surface area (Å²) in [5, 5.41) is 0. The van der Waals surface area contributed by atoms with Crippen LogP contribution >= 0.6 is 0 Å². The quantitative estimate of drug-likeness (QED) is 0.544. The van der Waals surface area contributed by atoms with Crippen LogP contribution in [0.1, 0.15) is 0 Å². The first kappa shape index (κ1) is 5.12. The summed E-state index contributed by atoms with van der Waals surface area (Å²) in [6.45, 7) is 0. The van der Waals surface area contributed by atoms with Crippen LogP contribution in [0.25, 0.3) is 0 Å². The lowest BCUT2D eigenvalue weighted by Gasteiger charge is -1.92. The van der Waals surface area contributed by atoms with E-state index in [0.717, 1.165) is 0 Å². The van der Waals surface area contributed by atoms with Gasteiger partial charge in [-0.2, -0.15) is 5.90 Å². The molecule has 0 radical (unpaired) electrons. The number of nitrogens with two attached hydrogens (primary N) is 1. The van der Waals surface area contributed by atoms with Crippen molar-refractivity contribution >= 4 is 0 Å². The molecule has 0 unspecified atom stereocenters. The van der Waals surface area contributed by atoms with Gasteiger partial charge in [0, 0.05) is 0 Å². The van der Waals surface area contributed by atoms with Gasteiger partial charge in [-0.1, -0.05) is 18.2 Å². The van der Waals surface area contributed by atoms with Crippen LogP contribution in [0.4, 0.5) is 0 Å². The number of hydrogen-bond acceptors (Lipinski definition) is 2. The third kappa shape index (κ3) is 0.978. The lowest BCUT2D eigenvalue weighted by molar-refractivity contribution is 0.334. The van der Waals surface area contributed by atoms with E-state index in [-0.39, 0.29) is 0 Å². The van der Waals surface area contributed by atoms with Crippen molar-refractivity contribution in [1.82, 2.24) is 0 Å². The minimum atomic E-state index is 0.688. The minimum absolute atomic E-state index is 0.688. The van der Waals surface area contributed by atoms with E-state index in [4.69, 9.17) is 5.90 Å². The normalized spacial score (nSPS) is 8.62. The van der Waals surface area contributed by atoms with E-state index in [1.807, 2.05) is 18.2 Å². The molecule has 0 amide bonds. The standard InChI is InChI=1S/C6H7NO/c7-8-6-4-2-1-3-5-6/h1-5H,7H2. The highest BCUT2D eigenvalue weighted by molar-refractivity contribution is 5.20. The average Bonchev–Trinajstić information content (AvgIpc) is 1.90. The molecule has 0 aliphatic carbocycles. The SMILES string of the molecule is NOc1ccccc1. The van der Waals surface area contributed by atoms with Gasteiger partial charge in [0.1, 0.15) is 5.75 Å². The zero-order valence-corrected chi connectivity index (χ0v) is 4.37. The van der Waals surface area contributed by atoms with Crippen LogP contribution in [-0.2, 0) is 0 Å². The van der Waals surface area contributed by atoms with Crippen molar-refractivity contribution in [3.8, 4) is 5.75 Å². The molecule has 1 rings (SSSR count). The van der Waals surface area contributed by atoms with E-state index in [1.165, 1.54) is 0 Å². The van der Waals surface area contributed by atoms with Crippen LogP contribution in [0.5, 0.6) is 5.75 Å². The summed E-state index contributed by atoms with van der Waals surface area (Å²) in [6, 6.07) is 9.22. The zero-order valence-electron chi connectivity index (χ0n) is 4.37. The van der Waals surface area contributed by atoms with E-state index in [2.05, 4.69) is 4.84 Å². The Kier molecular flexibility index (Phi) is 1.49. The minimum Gasteiger partial charge on any atom is -0.412 e. The van der Waals surface area contributed by atoms with E-state index >= 15 is 0 Å². The molecule has 1 aromatic carbocycles. The number of rotatable bonds is 1. The van der Waals surface area contributed by atoms with Crippen LogP contribution in [0.2, 0.25) is 0 Å². The van der Waals surface area contributed by atoms with Crippen LogP contribution < -0.4 is 10.7 Å². The van der Waals surface area contributed by atoms with Gasteiger partial charge in [0.05, 0.1) is 0 Å². The first-order valence-electron chi connectivity index (χ1n) is 2.35. The highest BCUT2D eigenvalue weighted by Gasteiger charge is 1.81. The maximum Gasteiger partial charge on any atom is 0.146 e. The molecule has 0 fully saturated rings. The van der Waals surface area contributed by atoms with Gasteiger partial charge in [-0.15, -0.1) is 0 Å². The third-order valence-electron chi connectivity index (χ3n) is 0.879. The Morgan fingerprint density at radius 3 is 2.12 bits per heavy atom. The summed E-state index contributed by atoms with van der Waals surface area (Å²) < 4.78 is 0. The molecule has 2 N–H and O–H groups in total. The molecule has 42 valence electrons. The molecule has 0 aliphatic heterocycles. The molecule has 2 nitrogen and oxygen atoms in total. The van der Waals surface area contributed by atoms with Crippen molar-refractivity contribution in [2.75, 3.05) is 0 Å². The highest BCUT2D eigenvalue weighted by Crippen LogP contribution is 2.04. The van der Waals surface area contributed by atoms with E-state index < -0.39 is 0 Å². The Morgan fingerprint density at radius 2 is 1.75 bits per heavy atom. The summed E-state index contributed by atoms with van der Waals surface area (Å²) in [6.07, 6.45) is 0. The van der Waals surface area contributed by atoms with Gasteiger partial charge >= 0.3 is 0 Å². The lowest BCUT2D eigenvalue weighted by atomic mass is 10.3. The Morgan fingerprint density at radius 1 is 1.12 bits per heavy atom.